The van der Waals surface area contributed by atoms with Gasteiger partial charge >= 0.3 is 5.97 Å². The van der Waals surface area contributed by atoms with Crippen LogP contribution in [0.1, 0.15) is 31.9 Å². The Kier molecular flexibility index (Phi) is 7.69. The van der Waals surface area contributed by atoms with Gasteiger partial charge in [-0.25, -0.2) is 26.0 Å². The van der Waals surface area contributed by atoms with E-state index in [1.54, 1.807) is 6.07 Å². The minimum absolute atomic E-state index is 0.241. The molecule has 0 amide bonds. The molecule has 2 aromatic rings. The third kappa shape index (κ3) is 5.28. The van der Waals surface area contributed by atoms with Gasteiger partial charge in [0.2, 0.25) is 10.0 Å². The fourth-order valence-corrected chi connectivity index (χ4v) is 4.47. The third-order valence-corrected chi connectivity index (χ3v) is 6.42. The number of carbonyl (C=O) groups is 1. The van der Waals surface area contributed by atoms with Crippen molar-refractivity contribution in [3.63, 3.8) is 0 Å². The van der Waals surface area contributed by atoms with Crippen molar-refractivity contribution in [1.29, 1.82) is 0 Å². The molecule has 32 heavy (non-hydrogen) atoms. The van der Waals surface area contributed by atoms with Gasteiger partial charge in [-0.05, 0) is 26.3 Å². The predicted octanol–water partition coefficient (Wildman–Crippen LogP) is 3.16. The first kappa shape index (κ1) is 25.8. The number of nitrogens with zero attached hydrogens (tertiary/aromatic N) is 1. The molecule has 0 fully saturated rings. The number of hydrogen-bond donors (Lipinski definition) is 1. The minimum Gasteiger partial charge on any atom is -0.459 e. The topological polar surface area (TPSA) is 83.9 Å². The van der Waals surface area contributed by atoms with Crippen LogP contribution in [0.5, 0.6) is 0 Å². The average molecular weight is 477 g/mol. The molecule has 0 saturated carbocycles. The smallest absolute Gasteiger partial charge is 0.327 e. The highest BCUT2D eigenvalue weighted by atomic mass is 32.2. The number of esters is 1. The molecule has 0 aliphatic rings. The van der Waals surface area contributed by atoms with Crippen LogP contribution in [0.2, 0.25) is 0 Å². The molecule has 11 heteroatoms. The van der Waals surface area contributed by atoms with Crippen molar-refractivity contribution in [3.8, 4) is 0 Å². The summed E-state index contributed by atoms with van der Waals surface area (Å²) in [5.74, 6) is -9.66. The summed E-state index contributed by atoms with van der Waals surface area (Å²) in [4.78, 5) is 10.9. The molecule has 1 atom stereocenters. The number of rotatable bonds is 7. The summed E-state index contributed by atoms with van der Waals surface area (Å²) in [5, 5.41) is 9.59. The van der Waals surface area contributed by atoms with E-state index >= 15 is 0 Å². The zero-order valence-electron chi connectivity index (χ0n) is 17.8. The van der Waals surface area contributed by atoms with Crippen molar-refractivity contribution in [2.75, 3.05) is 13.7 Å². The van der Waals surface area contributed by atoms with Crippen LogP contribution >= 0.6 is 0 Å². The first-order chi connectivity index (χ1) is 14.7. The summed E-state index contributed by atoms with van der Waals surface area (Å²) in [5.41, 5.74) is -1.71. The van der Waals surface area contributed by atoms with Crippen LogP contribution < -0.4 is 0 Å². The Bertz CT molecular complexity index is 1100. The SMILES string of the molecule is CN([C@@H](CO)C(=O)OC(C)(C)C)S(=O)(=O)c1c(F)c(F)c(F)c(F)c1Cc1ccccc1. The van der Waals surface area contributed by atoms with Gasteiger partial charge in [-0.3, -0.25) is 4.79 Å². The summed E-state index contributed by atoms with van der Waals surface area (Å²) < 4.78 is 89.0. The lowest BCUT2D eigenvalue weighted by molar-refractivity contribution is -0.160. The molecule has 0 aliphatic carbocycles. The molecular weight excluding hydrogens is 454 g/mol. The molecule has 0 radical (unpaired) electrons. The van der Waals surface area contributed by atoms with Crippen molar-refractivity contribution in [2.45, 2.75) is 43.7 Å². The second-order valence-electron chi connectivity index (χ2n) is 7.98. The van der Waals surface area contributed by atoms with E-state index in [-0.39, 0.29) is 4.31 Å². The molecule has 0 spiro atoms. The molecule has 0 unspecified atom stereocenters. The van der Waals surface area contributed by atoms with Gasteiger partial charge in [-0.1, -0.05) is 30.3 Å². The molecule has 0 aliphatic heterocycles. The maximum atomic E-state index is 14.7. The molecule has 0 saturated heterocycles. The molecular formula is C21H23F4NO5S. The van der Waals surface area contributed by atoms with E-state index < -0.39 is 74.4 Å². The first-order valence-electron chi connectivity index (χ1n) is 9.42. The first-order valence-corrected chi connectivity index (χ1v) is 10.9. The predicted molar refractivity (Wildman–Crippen MR) is 107 cm³/mol. The van der Waals surface area contributed by atoms with Crippen LogP contribution in [0.15, 0.2) is 35.2 Å². The maximum Gasteiger partial charge on any atom is 0.327 e. The standard InChI is InChI=1S/C21H23F4NO5S/c1-21(2,3)31-20(28)14(11-27)26(4)32(29,30)19-13(10-12-8-6-5-7-9-12)15(22)16(23)17(24)18(19)25/h5-9,14,27H,10-11H2,1-4H3/t14-/m0/s1. The van der Waals surface area contributed by atoms with Crippen LogP contribution in [-0.2, 0) is 26.0 Å². The Hall–Kier alpha value is -2.50. The van der Waals surface area contributed by atoms with Gasteiger partial charge < -0.3 is 9.84 Å². The molecule has 0 bridgehead atoms. The van der Waals surface area contributed by atoms with Gasteiger partial charge in [0.1, 0.15) is 16.5 Å². The number of hydrogen-bond acceptors (Lipinski definition) is 5. The molecule has 2 aromatic carbocycles. The van der Waals surface area contributed by atoms with Crippen molar-refractivity contribution in [2.24, 2.45) is 0 Å². The van der Waals surface area contributed by atoms with E-state index in [4.69, 9.17) is 4.74 Å². The number of ether oxygens (including phenoxy) is 1. The van der Waals surface area contributed by atoms with Gasteiger partial charge in [0.25, 0.3) is 0 Å². The highest BCUT2D eigenvalue weighted by Gasteiger charge is 2.40. The Labute approximate surface area is 183 Å². The van der Waals surface area contributed by atoms with E-state index in [1.807, 2.05) is 0 Å². The summed E-state index contributed by atoms with van der Waals surface area (Å²) in [6, 6.07) is 5.75. The summed E-state index contributed by atoms with van der Waals surface area (Å²) >= 11 is 0. The van der Waals surface area contributed by atoms with Gasteiger partial charge in [-0.15, -0.1) is 0 Å². The van der Waals surface area contributed by atoms with E-state index in [0.29, 0.717) is 5.56 Å². The fraction of sp³-hybridized carbons (Fsp3) is 0.381. The second kappa shape index (κ2) is 9.55. The Morgan fingerprint density at radius 2 is 1.56 bits per heavy atom. The van der Waals surface area contributed by atoms with Crippen LogP contribution in [0, 0.1) is 23.3 Å². The van der Waals surface area contributed by atoms with Crippen LogP contribution in [0.25, 0.3) is 0 Å². The van der Waals surface area contributed by atoms with E-state index in [2.05, 4.69) is 0 Å². The number of carbonyl (C=O) groups excluding carboxylic acids is 1. The summed E-state index contributed by atoms with van der Waals surface area (Å²) in [7, 11) is -4.33. The highest BCUT2D eigenvalue weighted by molar-refractivity contribution is 7.89. The maximum absolute atomic E-state index is 14.7. The fourth-order valence-electron chi connectivity index (χ4n) is 2.90. The monoisotopic (exact) mass is 477 g/mol. The Balaban J connectivity index is 2.66. The van der Waals surface area contributed by atoms with E-state index in [9.17, 15) is 35.9 Å². The normalized spacial score (nSPS) is 13.3. The Morgan fingerprint density at radius 1 is 1.03 bits per heavy atom. The molecule has 6 nitrogen and oxygen atoms in total. The zero-order chi connectivity index (χ0) is 24.4. The number of halogens is 4. The molecule has 176 valence electrons. The zero-order valence-corrected chi connectivity index (χ0v) is 18.6. The van der Waals surface area contributed by atoms with Crippen LogP contribution in [0.3, 0.4) is 0 Å². The largest absolute Gasteiger partial charge is 0.459 e. The average Bonchev–Trinajstić information content (AvgIpc) is 2.70. The number of likely N-dealkylation sites (N-methyl/N-ethyl adjacent to an activating group) is 1. The lowest BCUT2D eigenvalue weighted by Crippen LogP contribution is -2.47. The Morgan fingerprint density at radius 3 is 2.06 bits per heavy atom. The van der Waals surface area contributed by atoms with E-state index in [1.165, 1.54) is 45.0 Å². The molecule has 2 rings (SSSR count). The van der Waals surface area contributed by atoms with Gasteiger partial charge in [0, 0.05) is 19.0 Å². The quantitative estimate of drug-likeness (QED) is 0.287. The second-order valence-corrected chi connectivity index (χ2v) is 9.91. The lowest BCUT2D eigenvalue weighted by atomic mass is 10.0. The van der Waals surface area contributed by atoms with Crippen molar-refractivity contribution < 1.29 is 40.6 Å². The van der Waals surface area contributed by atoms with Gasteiger partial charge in [0.05, 0.1) is 6.61 Å². The van der Waals surface area contributed by atoms with Crippen LogP contribution in [-0.4, -0.2) is 49.1 Å². The minimum atomic E-state index is -5.14. The van der Waals surface area contributed by atoms with Gasteiger partial charge in [0.15, 0.2) is 23.3 Å². The van der Waals surface area contributed by atoms with Crippen molar-refractivity contribution >= 4 is 16.0 Å². The number of sulfonamides is 1. The van der Waals surface area contributed by atoms with Crippen LogP contribution in [0.4, 0.5) is 17.6 Å². The number of benzene rings is 2. The summed E-state index contributed by atoms with van der Waals surface area (Å²) in [6.07, 6.45) is -0.584. The molecule has 0 aromatic heterocycles. The molecule has 0 heterocycles. The van der Waals surface area contributed by atoms with E-state index in [0.717, 1.165) is 7.05 Å². The van der Waals surface area contributed by atoms with Crippen molar-refractivity contribution in [3.05, 3.63) is 64.7 Å². The molecule has 1 N–H and O–H groups in total. The number of aliphatic hydroxyl groups excluding tert-OH is 1. The van der Waals surface area contributed by atoms with Gasteiger partial charge in [-0.2, -0.15) is 4.31 Å². The number of aliphatic hydroxyl groups is 1. The third-order valence-electron chi connectivity index (χ3n) is 4.47. The summed E-state index contributed by atoms with van der Waals surface area (Å²) in [6.45, 7) is 3.43. The lowest BCUT2D eigenvalue weighted by Gasteiger charge is -2.29. The van der Waals surface area contributed by atoms with Crippen molar-refractivity contribution in [1.82, 2.24) is 4.31 Å². The highest BCUT2D eigenvalue weighted by Crippen LogP contribution is 2.32.